The summed E-state index contributed by atoms with van der Waals surface area (Å²) in [6, 6.07) is 19.2. The number of aromatic amines is 1. The third kappa shape index (κ3) is 4.10. The SMILES string of the molecule is O=c1c(C=Nc2cc([N+](=O)[O-])cc([N+](=O)[O-])c2O)c(-c2ccccc2)[nH]n1-c1ccccc1. The predicted octanol–water partition coefficient (Wildman–Crippen LogP) is 4.11. The van der Waals surface area contributed by atoms with Gasteiger partial charge in [0.2, 0.25) is 5.75 Å². The van der Waals surface area contributed by atoms with Gasteiger partial charge in [-0.05, 0) is 12.1 Å². The average Bonchev–Trinajstić information content (AvgIpc) is 3.15. The summed E-state index contributed by atoms with van der Waals surface area (Å²) in [5.41, 5.74) is -0.634. The fourth-order valence-corrected chi connectivity index (χ4v) is 3.22. The summed E-state index contributed by atoms with van der Waals surface area (Å²) in [6.07, 6.45) is 1.11. The van der Waals surface area contributed by atoms with Crippen molar-refractivity contribution in [1.82, 2.24) is 9.78 Å². The van der Waals surface area contributed by atoms with Crippen LogP contribution in [0.15, 0.2) is 82.6 Å². The van der Waals surface area contributed by atoms with Gasteiger partial charge in [-0.15, -0.1) is 0 Å². The summed E-state index contributed by atoms with van der Waals surface area (Å²) in [6.45, 7) is 0. The van der Waals surface area contributed by atoms with Gasteiger partial charge in [0.05, 0.1) is 32.9 Å². The molecule has 0 bridgehead atoms. The number of phenolic OH excluding ortho intramolecular Hbond substituents is 1. The van der Waals surface area contributed by atoms with Crippen LogP contribution in [0.5, 0.6) is 5.75 Å². The molecule has 33 heavy (non-hydrogen) atoms. The first-order valence-corrected chi connectivity index (χ1v) is 9.52. The largest absolute Gasteiger partial charge is 0.501 e. The maximum absolute atomic E-state index is 13.2. The first-order chi connectivity index (χ1) is 15.9. The molecule has 0 radical (unpaired) electrons. The summed E-state index contributed by atoms with van der Waals surface area (Å²) in [5, 5.41) is 35.6. The molecule has 0 aliphatic carbocycles. The van der Waals surface area contributed by atoms with Gasteiger partial charge in [0.15, 0.2) is 0 Å². The van der Waals surface area contributed by atoms with E-state index in [2.05, 4.69) is 10.1 Å². The van der Waals surface area contributed by atoms with Crippen molar-refractivity contribution in [1.29, 1.82) is 0 Å². The van der Waals surface area contributed by atoms with E-state index in [1.807, 2.05) is 6.07 Å². The highest BCUT2D eigenvalue weighted by atomic mass is 16.6. The summed E-state index contributed by atoms with van der Waals surface area (Å²) >= 11 is 0. The van der Waals surface area contributed by atoms with E-state index in [-0.39, 0.29) is 5.56 Å². The number of rotatable bonds is 6. The van der Waals surface area contributed by atoms with E-state index >= 15 is 0 Å². The minimum absolute atomic E-state index is 0.0959. The van der Waals surface area contributed by atoms with Crippen molar-refractivity contribution in [3.8, 4) is 22.7 Å². The molecule has 11 nitrogen and oxygen atoms in total. The van der Waals surface area contributed by atoms with Crippen molar-refractivity contribution >= 4 is 23.3 Å². The summed E-state index contributed by atoms with van der Waals surface area (Å²) in [4.78, 5) is 37.7. The topological polar surface area (TPSA) is 157 Å². The number of phenols is 1. The van der Waals surface area contributed by atoms with Crippen LogP contribution in [-0.4, -0.2) is 30.9 Å². The Morgan fingerprint density at radius 3 is 2.18 bits per heavy atom. The summed E-state index contributed by atoms with van der Waals surface area (Å²) in [5.74, 6) is -0.845. The normalized spacial score (nSPS) is 11.0. The molecule has 0 saturated carbocycles. The van der Waals surface area contributed by atoms with E-state index in [1.165, 1.54) is 4.68 Å². The highest BCUT2D eigenvalue weighted by Crippen LogP contribution is 2.39. The van der Waals surface area contributed by atoms with E-state index < -0.39 is 38.2 Å². The molecule has 0 aliphatic heterocycles. The zero-order valence-electron chi connectivity index (χ0n) is 16.8. The van der Waals surface area contributed by atoms with Gasteiger partial charge >= 0.3 is 5.69 Å². The smallest absolute Gasteiger partial charge is 0.319 e. The quantitative estimate of drug-likeness (QED) is 0.258. The number of hydrogen-bond acceptors (Lipinski definition) is 7. The van der Waals surface area contributed by atoms with Gasteiger partial charge in [0.1, 0.15) is 5.69 Å². The highest BCUT2D eigenvalue weighted by Gasteiger charge is 2.24. The first-order valence-electron chi connectivity index (χ1n) is 9.52. The fraction of sp³-hybridized carbons (Fsp3) is 0. The Morgan fingerprint density at radius 2 is 1.58 bits per heavy atom. The standard InChI is InChI=1S/C22H15N5O6/c28-21-18(11-16(26(30)31)12-19(21)27(32)33)23-13-17-20(14-7-3-1-4-8-14)24-25(22(17)29)15-9-5-2-6-10-15/h1-13,24,28H. The number of nitrogens with one attached hydrogen (secondary N) is 1. The number of hydrogen-bond donors (Lipinski definition) is 2. The molecule has 0 fully saturated rings. The molecule has 0 unspecified atom stereocenters. The second-order valence-electron chi connectivity index (χ2n) is 6.85. The first kappa shape index (κ1) is 21.2. The Labute approximate surface area is 185 Å². The van der Waals surface area contributed by atoms with Gasteiger partial charge in [0, 0.05) is 17.8 Å². The third-order valence-electron chi connectivity index (χ3n) is 4.80. The van der Waals surface area contributed by atoms with Gasteiger partial charge in [-0.25, -0.2) is 4.68 Å². The van der Waals surface area contributed by atoms with Crippen LogP contribution < -0.4 is 5.56 Å². The van der Waals surface area contributed by atoms with Crippen LogP contribution in [0.1, 0.15) is 5.56 Å². The van der Waals surface area contributed by atoms with Gasteiger partial charge in [-0.1, -0.05) is 48.5 Å². The third-order valence-corrected chi connectivity index (χ3v) is 4.80. The van der Waals surface area contributed by atoms with Crippen molar-refractivity contribution in [2.75, 3.05) is 0 Å². The molecule has 0 amide bonds. The van der Waals surface area contributed by atoms with Crippen LogP contribution in [0, 0.1) is 20.2 Å². The van der Waals surface area contributed by atoms with Crippen LogP contribution in [0.3, 0.4) is 0 Å². The van der Waals surface area contributed by atoms with Crippen LogP contribution in [0.4, 0.5) is 17.1 Å². The molecule has 164 valence electrons. The molecule has 0 saturated heterocycles. The molecule has 4 aromatic rings. The summed E-state index contributed by atoms with van der Waals surface area (Å²) in [7, 11) is 0. The van der Waals surface area contributed by atoms with Crippen LogP contribution >= 0.6 is 0 Å². The molecular weight excluding hydrogens is 430 g/mol. The molecule has 11 heteroatoms. The number of nitro groups is 2. The molecule has 0 spiro atoms. The Balaban J connectivity index is 1.90. The number of aromatic nitrogens is 2. The number of benzene rings is 3. The van der Waals surface area contributed by atoms with Gasteiger partial charge < -0.3 is 5.11 Å². The monoisotopic (exact) mass is 445 g/mol. The zero-order chi connectivity index (χ0) is 23.5. The van der Waals surface area contributed by atoms with Crippen LogP contribution in [0.2, 0.25) is 0 Å². The van der Waals surface area contributed by atoms with E-state index in [1.54, 1.807) is 54.6 Å². The molecule has 0 aliphatic rings. The second kappa shape index (κ2) is 8.59. The minimum atomic E-state index is -0.949. The maximum atomic E-state index is 13.2. The van der Waals surface area contributed by atoms with Gasteiger partial charge in [-0.2, -0.15) is 0 Å². The molecule has 4 rings (SSSR count). The molecule has 2 N–H and O–H groups in total. The number of H-pyrrole nitrogens is 1. The lowest BCUT2D eigenvalue weighted by atomic mass is 10.1. The number of para-hydroxylation sites is 1. The second-order valence-corrected chi connectivity index (χ2v) is 6.85. The van der Waals surface area contributed by atoms with E-state index in [4.69, 9.17) is 0 Å². The van der Waals surface area contributed by atoms with Crippen molar-refractivity contribution in [3.05, 3.63) is 109 Å². The van der Waals surface area contributed by atoms with Crippen molar-refractivity contribution in [2.45, 2.75) is 0 Å². The molecule has 1 aromatic heterocycles. The number of aromatic hydroxyl groups is 1. The van der Waals surface area contributed by atoms with E-state index in [9.17, 15) is 30.1 Å². The number of aliphatic imine (C=N–C) groups is 1. The number of nitrogens with zero attached hydrogens (tertiary/aromatic N) is 4. The highest BCUT2D eigenvalue weighted by molar-refractivity contribution is 5.91. The Hall–Kier alpha value is -5.06. The number of nitro benzene ring substituents is 2. The van der Waals surface area contributed by atoms with Crippen molar-refractivity contribution < 1.29 is 15.0 Å². The minimum Gasteiger partial charge on any atom is -0.501 e. The molecule has 1 heterocycles. The van der Waals surface area contributed by atoms with Crippen LogP contribution in [0.25, 0.3) is 16.9 Å². The molecule has 3 aromatic carbocycles. The fourth-order valence-electron chi connectivity index (χ4n) is 3.22. The Morgan fingerprint density at radius 1 is 0.939 bits per heavy atom. The zero-order valence-corrected chi connectivity index (χ0v) is 16.8. The summed E-state index contributed by atoms with van der Waals surface area (Å²) < 4.78 is 1.30. The van der Waals surface area contributed by atoms with Gasteiger partial charge in [0.25, 0.3) is 11.2 Å². The molecular formula is C22H15N5O6. The Kier molecular flexibility index (Phi) is 5.51. The lowest BCUT2D eigenvalue weighted by molar-refractivity contribution is -0.394. The lowest BCUT2D eigenvalue weighted by Crippen LogP contribution is -2.17. The van der Waals surface area contributed by atoms with E-state index in [0.717, 1.165) is 12.3 Å². The Bertz CT molecular complexity index is 1440. The maximum Gasteiger partial charge on any atom is 0.319 e. The molecule has 0 atom stereocenters. The van der Waals surface area contributed by atoms with Crippen molar-refractivity contribution in [2.24, 2.45) is 4.99 Å². The average molecular weight is 445 g/mol. The van der Waals surface area contributed by atoms with Crippen molar-refractivity contribution in [3.63, 3.8) is 0 Å². The number of non-ortho nitro benzene ring substituents is 1. The predicted molar refractivity (Wildman–Crippen MR) is 120 cm³/mol. The van der Waals surface area contributed by atoms with E-state index in [0.29, 0.717) is 23.0 Å². The van der Waals surface area contributed by atoms with Gasteiger partial charge in [-0.3, -0.25) is 35.1 Å². The lowest BCUT2D eigenvalue weighted by Gasteiger charge is -2.02. The van der Waals surface area contributed by atoms with Crippen LogP contribution in [-0.2, 0) is 0 Å².